The molecule has 0 radical (unpaired) electrons. The normalized spacial score (nSPS) is 10.4. The van der Waals surface area contributed by atoms with Crippen LogP contribution >= 0.6 is 11.8 Å². The van der Waals surface area contributed by atoms with Gasteiger partial charge >= 0.3 is 0 Å². The van der Waals surface area contributed by atoms with E-state index in [0.29, 0.717) is 5.82 Å². The summed E-state index contributed by atoms with van der Waals surface area (Å²) in [5.74, 6) is 1.12. The first kappa shape index (κ1) is 11.7. The molecule has 0 saturated carbocycles. The summed E-state index contributed by atoms with van der Waals surface area (Å²) in [6, 6.07) is 8.72. The van der Waals surface area contributed by atoms with E-state index in [1.54, 1.807) is 11.8 Å². The predicted molar refractivity (Wildman–Crippen MR) is 68.4 cm³/mol. The maximum absolute atomic E-state index is 11.2. The molecule has 0 aliphatic rings. The second-order valence-corrected chi connectivity index (χ2v) is 4.75. The van der Waals surface area contributed by atoms with Gasteiger partial charge in [0, 0.05) is 10.5 Å². The van der Waals surface area contributed by atoms with E-state index >= 15 is 0 Å². The summed E-state index contributed by atoms with van der Waals surface area (Å²) in [5.41, 5.74) is 0.415. The van der Waals surface area contributed by atoms with Crippen LogP contribution in [0.3, 0.4) is 0 Å². The van der Waals surface area contributed by atoms with Crippen molar-refractivity contribution in [2.45, 2.75) is 11.8 Å². The molecular weight excluding hydrogens is 236 g/mol. The first-order valence-corrected chi connectivity index (χ1v) is 6.21. The lowest BCUT2D eigenvalue weighted by Crippen LogP contribution is -2.06. The molecule has 5 heteroatoms. The van der Waals surface area contributed by atoms with Crippen LogP contribution < -0.4 is 5.56 Å². The lowest BCUT2D eigenvalue weighted by molar-refractivity contribution is 0.452. The Morgan fingerprint density at radius 2 is 2.06 bits per heavy atom. The summed E-state index contributed by atoms with van der Waals surface area (Å²) in [6.45, 7) is 2.09. The van der Waals surface area contributed by atoms with Gasteiger partial charge in [0.2, 0.25) is 5.88 Å². The summed E-state index contributed by atoms with van der Waals surface area (Å²) in [6.07, 6.45) is 0. The van der Waals surface area contributed by atoms with Crippen molar-refractivity contribution in [1.82, 2.24) is 9.97 Å². The van der Waals surface area contributed by atoms with Crippen LogP contribution in [0.25, 0.3) is 11.4 Å². The molecule has 0 aliphatic carbocycles. The Morgan fingerprint density at radius 1 is 1.35 bits per heavy atom. The molecule has 1 aromatic heterocycles. The lowest BCUT2D eigenvalue weighted by atomic mass is 10.2. The van der Waals surface area contributed by atoms with Gasteiger partial charge in [-0.3, -0.25) is 4.79 Å². The van der Waals surface area contributed by atoms with Gasteiger partial charge in [0.1, 0.15) is 5.82 Å². The number of nitrogens with one attached hydrogen (secondary N) is 1. The van der Waals surface area contributed by atoms with Gasteiger partial charge in [-0.2, -0.15) is 4.98 Å². The summed E-state index contributed by atoms with van der Waals surface area (Å²) in [7, 11) is 0. The monoisotopic (exact) mass is 248 g/mol. The van der Waals surface area contributed by atoms with Gasteiger partial charge in [0.05, 0.1) is 6.07 Å². The fraction of sp³-hybridized carbons (Fsp3) is 0.167. The predicted octanol–water partition coefficient (Wildman–Crippen LogP) is 2.25. The molecule has 2 rings (SSSR count). The standard InChI is InChI=1S/C12H12N2O2S/c1-2-17-9-5-3-8(4-6-9)12-13-10(15)7-11(16)14-12/h3-7H,2H2,1H3,(H2,13,14,15,16). The third kappa shape index (κ3) is 2.88. The summed E-state index contributed by atoms with van der Waals surface area (Å²) in [5, 5.41) is 9.26. The topological polar surface area (TPSA) is 66.0 Å². The molecule has 2 aromatic rings. The van der Waals surface area contributed by atoms with Gasteiger partial charge in [-0.25, -0.2) is 0 Å². The van der Waals surface area contributed by atoms with E-state index in [4.69, 9.17) is 0 Å². The quantitative estimate of drug-likeness (QED) is 0.818. The number of aromatic amines is 1. The zero-order chi connectivity index (χ0) is 12.3. The number of rotatable bonds is 3. The summed E-state index contributed by atoms with van der Waals surface area (Å²) in [4.78, 5) is 18.8. The Hall–Kier alpha value is -1.75. The van der Waals surface area contributed by atoms with Gasteiger partial charge < -0.3 is 10.1 Å². The van der Waals surface area contributed by atoms with Gasteiger partial charge in [0.25, 0.3) is 5.56 Å². The van der Waals surface area contributed by atoms with Crippen molar-refractivity contribution in [1.29, 1.82) is 0 Å². The van der Waals surface area contributed by atoms with Crippen molar-refractivity contribution in [3.05, 3.63) is 40.7 Å². The maximum atomic E-state index is 11.2. The number of thioether (sulfide) groups is 1. The van der Waals surface area contributed by atoms with Crippen LogP contribution in [0.5, 0.6) is 5.88 Å². The number of hydrogen-bond donors (Lipinski definition) is 2. The largest absolute Gasteiger partial charge is 0.493 e. The molecule has 1 heterocycles. The molecule has 1 aromatic carbocycles. The molecule has 0 fully saturated rings. The highest BCUT2D eigenvalue weighted by molar-refractivity contribution is 7.99. The van der Waals surface area contributed by atoms with Gasteiger partial charge in [-0.05, 0) is 17.9 Å². The van der Waals surface area contributed by atoms with Crippen LogP contribution in [0.15, 0.2) is 40.0 Å². The van der Waals surface area contributed by atoms with E-state index in [-0.39, 0.29) is 11.4 Å². The molecule has 0 saturated heterocycles. The number of aromatic hydroxyl groups is 1. The first-order valence-electron chi connectivity index (χ1n) is 5.22. The van der Waals surface area contributed by atoms with Crippen molar-refractivity contribution >= 4 is 11.8 Å². The van der Waals surface area contributed by atoms with E-state index in [9.17, 15) is 9.90 Å². The third-order valence-electron chi connectivity index (χ3n) is 2.17. The minimum Gasteiger partial charge on any atom is -0.493 e. The molecule has 0 atom stereocenters. The van der Waals surface area contributed by atoms with Crippen LogP contribution in [0.2, 0.25) is 0 Å². The number of nitrogens with zero attached hydrogens (tertiary/aromatic N) is 1. The van der Waals surface area contributed by atoms with Crippen LogP contribution in [0.1, 0.15) is 6.92 Å². The van der Waals surface area contributed by atoms with Crippen molar-refractivity contribution in [2.24, 2.45) is 0 Å². The Morgan fingerprint density at radius 3 is 2.65 bits per heavy atom. The Kier molecular flexibility index (Phi) is 3.49. The Labute approximate surface area is 103 Å². The number of benzene rings is 1. The van der Waals surface area contributed by atoms with Crippen LogP contribution in [0, 0.1) is 0 Å². The molecule has 0 unspecified atom stereocenters. The van der Waals surface area contributed by atoms with Gasteiger partial charge in [-0.1, -0.05) is 19.1 Å². The van der Waals surface area contributed by atoms with E-state index in [2.05, 4.69) is 16.9 Å². The smallest absolute Gasteiger partial charge is 0.254 e. The van der Waals surface area contributed by atoms with Crippen molar-refractivity contribution in [3.8, 4) is 17.3 Å². The zero-order valence-corrected chi connectivity index (χ0v) is 10.1. The van der Waals surface area contributed by atoms with Crippen LogP contribution in [-0.4, -0.2) is 20.8 Å². The SMILES string of the molecule is CCSc1ccc(-c2nc(O)cc(=O)[nH]2)cc1. The fourth-order valence-electron chi connectivity index (χ4n) is 1.46. The number of aromatic nitrogens is 2. The van der Waals surface area contributed by atoms with Crippen molar-refractivity contribution in [3.63, 3.8) is 0 Å². The minimum atomic E-state index is -0.362. The number of H-pyrrole nitrogens is 1. The average Bonchev–Trinajstić information content (AvgIpc) is 2.29. The molecule has 0 spiro atoms. The highest BCUT2D eigenvalue weighted by Crippen LogP contribution is 2.21. The van der Waals surface area contributed by atoms with Crippen molar-refractivity contribution in [2.75, 3.05) is 5.75 Å². The number of hydrogen-bond acceptors (Lipinski definition) is 4. The molecule has 0 bridgehead atoms. The van der Waals surface area contributed by atoms with Gasteiger partial charge in [0.15, 0.2) is 0 Å². The molecular formula is C12H12N2O2S. The van der Waals surface area contributed by atoms with Crippen LogP contribution in [0.4, 0.5) is 0 Å². The summed E-state index contributed by atoms with van der Waals surface area (Å²) >= 11 is 1.74. The van der Waals surface area contributed by atoms with E-state index in [1.807, 2.05) is 24.3 Å². The maximum Gasteiger partial charge on any atom is 0.254 e. The summed E-state index contributed by atoms with van der Waals surface area (Å²) < 4.78 is 0. The third-order valence-corrected chi connectivity index (χ3v) is 3.06. The zero-order valence-electron chi connectivity index (χ0n) is 9.30. The molecule has 88 valence electrons. The fourth-order valence-corrected chi connectivity index (χ4v) is 2.12. The highest BCUT2D eigenvalue weighted by atomic mass is 32.2. The van der Waals surface area contributed by atoms with Crippen molar-refractivity contribution < 1.29 is 5.11 Å². The first-order chi connectivity index (χ1) is 8.19. The second-order valence-electron chi connectivity index (χ2n) is 3.41. The Balaban J connectivity index is 2.36. The molecule has 0 aliphatic heterocycles. The van der Waals surface area contributed by atoms with Gasteiger partial charge in [-0.15, -0.1) is 11.8 Å². The van der Waals surface area contributed by atoms with Crippen LogP contribution in [-0.2, 0) is 0 Å². The molecule has 0 amide bonds. The van der Waals surface area contributed by atoms with E-state index < -0.39 is 0 Å². The molecule has 4 nitrogen and oxygen atoms in total. The second kappa shape index (κ2) is 5.05. The molecule has 2 N–H and O–H groups in total. The average molecular weight is 248 g/mol. The van der Waals surface area contributed by atoms with E-state index in [0.717, 1.165) is 17.4 Å². The lowest BCUT2D eigenvalue weighted by Gasteiger charge is -2.02. The minimum absolute atomic E-state index is 0.268. The molecule has 17 heavy (non-hydrogen) atoms. The van der Waals surface area contributed by atoms with E-state index in [1.165, 1.54) is 4.90 Å². The highest BCUT2D eigenvalue weighted by Gasteiger charge is 2.03. The Bertz CT molecular complexity index is 563.